The SMILES string of the molecule is Cc1ccc(S(=O)(=O)N2CCCC[C@@H]2C(=O)N[C@@H]2CCOc3ccccc32)cc1. The molecule has 29 heavy (non-hydrogen) atoms. The lowest BCUT2D eigenvalue weighted by Gasteiger charge is -2.35. The van der Waals surface area contributed by atoms with Gasteiger partial charge in [-0.05, 0) is 38.0 Å². The molecule has 2 atom stereocenters. The number of ether oxygens (including phenoxy) is 1. The molecule has 2 aliphatic heterocycles. The lowest BCUT2D eigenvalue weighted by Crippen LogP contribution is -2.52. The lowest BCUT2D eigenvalue weighted by molar-refractivity contribution is -0.126. The van der Waals surface area contributed by atoms with Gasteiger partial charge in [-0.25, -0.2) is 8.42 Å². The molecule has 0 aliphatic carbocycles. The molecule has 1 N–H and O–H groups in total. The Morgan fingerprint density at radius 1 is 1.07 bits per heavy atom. The van der Waals surface area contributed by atoms with Crippen LogP contribution in [0.1, 0.15) is 42.9 Å². The Bertz CT molecular complexity index is 988. The fourth-order valence-corrected chi connectivity index (χ4v) is 5.72. The number of para-hydroxylation sites is 1. The van der Waals surface area contributed by atoms with Crippen LogP contribution in [0.3, 0.4) is 0 Å². The zero-order valence-electron chi connectivity index (χ0n) is 16.5. The van der Waals surface area contributed by atoms with Crippen molar-refractivity contribution >= 4 is 15.9 Å². The summed E-state index contributed by atoms with van der Waals surface area (Å²) >= 11 is 0. The fourth-order valence-electron chi connectivity index (χ4n) is 4.06. The summed E-state index contributed by atoms with van der Waals surface area (Å²) in [4.78, 5) is 13.4. The first kappa shape index (κ1) is 19.9. The summed E-state index contributed by atoms with van der Waals surface area (Å²) in [6.07, 6.45) is 2.79. The molecular weight excluding hydrogens is 388 g/mol. The van der Waals surface area contributed by atoms with E-state index in [0.29, 0.717) is 26.0 Å². The summed E-state index contributed by atoms with van der Waals surface area (Å²) < 4.78 is 33.5. The molecule has 1 amide bonds. The normalized spacial score (nSPS) is 22.4. The number of nitrogens with one attached hydrogen (secondary N) is 1. The maximum absolute atomic E-state index is 13.2. The second-order valence-electron chi connectivity index (χ2n) is 7.68. The van der Waals surface area contributed by atoms with Crippen molar-refractivity contribution in [3.05, 3.63) is 59.7 Å². The van der Waals surface area contributed by atoms with Crippen LogP contribution in [0.15, 0.2) is 53.4 Å². The molecule has 6 nitrogen and oxygen atoms in total. The Labute approximate surface area is 171 Å². The first-order valence-corrected chi connectivity index (χ1v) is 11.5. The number of aryl methyl sites for hydroxylation is 1. The summed E-state index contributed by atoms with van der Waals surface area (Å²) in [6, 6.07) is 13.6. The first-order valence-electron chi connectivity index (χ1n) is 10.1. The number of rotatable bonds is 4. The third-order valence-corrected chi connectivity index (χ3v) is 7.58. The molecule has 154 valence electrons. The van der Waals surface area contributed by atoms with Gasteiger partial charge in [-0.15, -0.1) is 0 Å². The van der Waals surface area contributed by atoms with E-state index in [1.807, 2.05) is 31.2 Å². The van der Waals surface area contributed by atoms with Gasteiger partial charge >= 0.3 is 0 Å². The van der Waals surface area contributed by atoms with Crippen molar-refractivity contribution in [2.45, 2.75) is 49.6 Å². The molecular formula is C22H26N2O4S. The van der Waals surface area contributed by atoms with Gasteiger partial charge in [0.05, 0.1) is 17.5 Å². The van der Waals surface area contributed by atoms with Crippen molar-refractivity contribution in [1.82, 2.24) is 9.62 Å². The number of carbonyl (C=O) groups excluding carboxylic acids is 1. The summed E-state index contributed by atoms with van der Waals surface area (Å²) in [5.41, 5.74) is 1.94. The molecule has 2 aliphatic rings. The van der Waals surface area contributed by atoms with Crippen LogP contribution in [-0.2, 0) is 14.8 Å². The molecule has 0 saturated carbocycles. The van der Waals surface area contributed by atoms with E-state index < -0.39 is 16.1 Å². The van der Waals surface area contributed by atoms with E-state index >= 15 is 0 Å². The van der Waals surface area contributed by atoms with Gasteiger partial charge < -0.3 is 10.1 Å². The number of benzene rings is 2. The van der Waals surface area contributed by atoms with Gasteiger partial charge in [-0.2, -0.15) is 4.31 Å². The van der Waals surface area contributed by atoms with Crippen LogP contribution < -0.4 is 10.1 Å². The number of piperidine rings is 1. The summed E-state index contributed by atoms with van der Waals surface area (Å²) in [5, 5.41) is 3.08. The summed E-state index contributed by atoms with van der Waals surface area (Å²) in [5.74, 6) is 0.541. The number of hydrogen-bond acceptors (Lipinski definition) is 4. The van der Waals surface area contributed by atoms with Gasteiger partial charge in [0.25, 0.3) is 0 Å². The van der Waals surface area contributed by atoms with Gasteiger partial charge in [0.2, 0.25) is 15.9 Å². The standard InChI is InChI=1S/C22H26N2O4S/c1-16-9-11-17(12-10-16)29(26,27)24-14-5-4-7-20(24)22(25)23-19-13-15-28-21-8-3-2-6-18(19)21/h2-3,6,8-12,19-20H,4-5,7,13-15H2,1H3,(H,23,25)/t19-,20-/m1/s1. The molecule has 2 aromatic rings. The van der Waals surface area contributed by atoms with Crippen LogP contribution in [-0.4, -0.2) is 37.8 Å². The van der Waals surface area contributed by atoms with Crippen molar-refractivity contribution in [2.75, 3.05) is 13.2 Å². The smallest absolute Gasteiger partial charge is 0.243 e. The second-order valence-corrected chi connectivity index (χ2v) is 9.57. The Kier molecular flexibility index (Phi) is 5.61. The van der Waals surface area contributed by atoms with Gasteiger partial charge in [0.15, 0.2) is 0 Å². The topological polar surface area (TPSA) is 75.7 Å². The Morgan fingerprint density at radius 3 is 2.62 bits per heavy atom. The van der Waals surface area contributed by atoms with Gasteiger partial charge in [-0.3, -0.25) is 4.79 Å². The maximum Gasteiger partial charge on any atom is 0.243 e. The highest BCUT2D eigenvalue weighted by Crippen LogP contribution is 2.32. The molecule has 1 saturated heterocycles. The third kappa shape index (κ3) is 4.02. The molecule has 4 rings (SSSR count). The molecule has 0 unspecified atom stereocenters. The maximum atomic E-state index is 13.2. The van der Waals surface area contributed by atoms with E-state index in [2.05, 4.69) is 5.32 Å². The largest absolute Gasteiger partial charge is 0.493 e. The highest BCUT2D eigenvalue weighted by molar-refractivity contribution is 7.89. The van der Waals surface area contributed by atoms with Gasteiger partial charge in [-0.1, -0.05) is 42.3 Å². The predicted molar refractivity (Wildman–Crippen MR) is 110 cm³/mol. The molecule has 1 fully saturated rings. The second kappa shape index (κ2) is 8.16. The zero-order valence-corrected chi connectivity index (χ0v) is 17.3. The van der Waals surface area contributed by atoms with E-state index in [4.69, 9.17) is 4.74 Å². The number of fused-ring (bicyclic) bond motifs is 1. The predicted octanol–water partition coefficient (Wildman–Crippen LogP) is 3.18. The number of hydrogen-bond donors (Lipinski definition) is 1. The summed E-state index contributed by atoms with van der Waals surface area (Å²) in [6.45, 7) is 2.80. The van der Waals surface area contributed by atoms with Gasteiger partial charge in [0.1, 0.15) is 11.8 Å². The van der Waals surface area contributed by atoms with Crippen molar-refractivity contribution < 1.29 is 17.9 Å². The lowest BCUT2D eigenvalue weighted by atomic mass is 9.99. The molecule has 2 heterocycles. The van der Waals surface area contributed by atoms with Crippen molar-refractivity contribution in [3.8, 4) is 5.75 Å². The molecule has 7 heteroatoms. The van der Waals surface area contributed by atoms with E-state index in [9.17, 15) is 13.2 Å². The van der Waals surface area contributed by atoms with E-state index in [1.165, 1.54) is 4.31 Å². The minimum Gasteiger partial charge on any atom is -0.493 e. The minimum atomic E-state index is -3.73. The average molecular weight is 415 g/mol. The monoisotopic (exact) mass is 414 g/mol. The van der Waals surface area contributed by atoms with Crippen LogP contribution in [0, 0.1) is 6.92 Å². The molecule has 0 spiro atoms. The first-order chi connectivity index (χ1) is 14.0. The molecule has 0 bridgehead atoms. The van der Waals surface area contributed by atoms with Crippen molar-refractivity contribution in [2.24, 2.45) is 0 Å². The molecule has 0 radical (unpaired) electrons. The van der Waals surface area contributed by atoms with Crippen LogP contribution in [0.2, 0.25) is 0 Å². The minimum absolute atomic E-state index is 0.168. The molecule has 2 aromatic carbocycles. The van der Waals surface area contributed by atoms with E-state index in [0.717, 1.165) is 29.7 Å². The number of carbonyl (C=O) groups is 1. The van der Waals surface area contributed by atoms with Crippen molar-refractivity contribution in [1.29, 1.82) is 0 Å². The third-order valence-electron chi connectivity index (χ3n) is 5.66. The van der Waals surface area contributed by atoms with E-state index in [-0.39, 0.29) is 16.8 Å². The Morgan fingerprint density at radius 2 is 1.83 bits per heavy atom. The number of nitrogens with zero attached hydrogens (tertiary/aromatic N) is 1. The highest BCUT2D eigenvalue weighted by atomic mass is 32.2. The Hall–Kier alpha value is -2.38. The average Bonchev–Trinajstić information content (AvgIpc) is 2.74. The zero-order chi connectivity index (χ0) is 20.4. The number of sulfonamides is 1. The Balaban J connectivity index is 1.56. The van der Waals surface area contributed by atoms with Crippen LogP contribution in [0.4, 0.5) is 0 Å². The number of amides is 1. The molecule has 0 aromatic heterocycles. The summed E-state index contributed by atoms with van der Waals surface area (Å²) in [7, 11) is -3.73. The van der Waals surface area contributed by atoms with Crippen LogP contribution in [0.5, 0.6) is 5.75 Å². The van der Waals surface area contributed by atoms with Crippen molar-refractivity contribution in [3.63, 3.8) is 0 Å². The van der Waals surface area contributed by atoms with E-state index in [1.54, 1.807) is 24.3 Å². The highest BCUT2D eigenvalue weighted by Gasteiger charge is 2.38. The fraction of sp³-hybridized carbons (Fsp3) is 0.409. The van der Waals surface area contributed by atoms with Crippen LogP contribution in [0.25, 0.3) is 0 Å². The quantitative estimate of drug-likeness (QED) is 0.834. The van der Waals surface area contributed by atoms with Crippen LogP contribution >= 0.6 is 0 Å². The van der Waals surface area contributed by atoms with Gasteiger partial charge in [0, 0.05) is 18.5 Å².